The van der Waals surface area contributed by atoms with Gasteiger partial charge in [0.2, 0.25) is 5.88 Å². The van der Waals surface area contributed by atoms with Gasteiger partial charge >= 0.3 is 0 Å². The number of hydrogen-bond donors (Lipinski definition) is 1. The molecule has 0 spiro atoms. The Hall–Kier alpha value is -2.53. The molecule has 0 amide bonds. The number of likely N-dealkylation sites (N-methyl/N-ethyl adjacent to an activating group) is 1. The number of pyridine rings is 1. The second-order valence-corrected chi connectivity index (χ2v) is 10.7. The number of aromatic nitrogens is 1. The third-order valence-corrected chi connectivity index (χ3v) is 7.42. The van der Waals surface area contributed by atoms with Crippen LogP contribution in [0.15, 0.2) is 64.1 Å². The molecule has 1 fully saturated rings. The summed E-state index contributed by atoms with van der Waals surface area (Å²) in [4.78, 5) is 6.29. The molecule has 1 N–H and O–H groups in total. The topological polar surface area (TPSA) is 90.0 Å². The summed E-state index contributed by atoms with van der Waals surface area (Å²) in [5.41, 5.74) is 0.334. The Labute approximate surface area is 212 Å². The van der Waals surface area contributed by atoms with Crippen LogP contribution >= 0.6 is 27.5 Å². The van der Waals surface area contributed by atoms with E-state index in [9.17, 15) is 8.42 Å². The van der Waals surface area contributed by atoms with E-state index in [2.05, 4.69) is 30.5 Å². The maximum absolute atomic E-state index is 13.0. The van der Waals surface area contributed by atoms with Crippen LogP contribution in [0.3, 0.4) is 0 Å². The molecule has 1 aromatic heterocycles. The van der Waals surface area contributed by atoms with Gasteiger partial charge in [0.25, 0.3) is 10.0 Å². The molecule has 1 aliphatic rings. The normalized spacial score (nSPS) is 16.3. The SMILES string of the molecule is COc1ccc(Oc2ncc(S(=O)(=O)Nc3ccc(Cl)c(OC4CCN(C)C4)c3)cc2Br)cc1. The maximum Gasteiger partial charge on any atom is 0.263 e. The lowest BCUT2D eigenvalue weighted by Gasteiger charge is -2.16. The van der Waals surface area contributed by atoms with Gasteiger partial charge in [0, 0.05) is 19.2 Å². The standard InChI is InChI=1S/C23H23BrClN3O5S/c1-28-10-9-18(14-28)32-22-11-15(3-8-21(22)25)27-34(29,30)19-12-20(24)23(26-13-19)33-17-6-4-16(31-2)5-7-17/h3-8,11-13,18,27H,9-10,14H2,1-2H3. The highest BCUT2D eigenvalue weighted by atomic mass is 79.9. The van der Waals surface area contributed by atoms with Crippen LogP contribution in [0.5, 0.6) is 23.1 Å². The molecule has 0 aliphatic carbocycles. The van der Waals surface area contributed by atoms with Crippen LogP contribution in [0, 0.1) is 0 Å². The van der Waals surface area contributed by atoms with Crippen molar-refractivity contribution in [3.63, 3.8) is 0 Å². The van der Waals surface area contributed by atoms with Crippen molar-refractivity contribution in [1.82, 2.24) is 9.88 Å². The van der Waals surface area contributed by atoms with E-state index in [1.54, 1.807) is 49.6 Å². The highest BCUT2D eigenvalue weighted by molar-refractivity contribution is 9.10. The quantitative estimate of drug-likeness (QED) is 0.400. The number of methoxy groups -OCH3 is 1. The summed E-state index contributed by atoms with van der Waals surface area (Å²) in [6, 6.07) is 13.1. The molecule has 34 heavy (non-hydrogen) atoms. The van der Waals surface area contributed by atoms with Crippen LogP contribution in [0.25, 0.3) is 0 Å². The van der Waals surface area contributed by atoms with Crippen molar-refractivity contribution >= 4 is 43.2 Å². The van der Waals surface area contributed by atoms with Crippen molar-refractivity contribution in [1.29, 1.82) is 0 Å². The molecule has 180 valence electrons. The molecule has 8 nitrogen and oxygen atoms in total. The summed E-state index contributed by atoms with van der Waals surface area (Å²) in [5, 5.41) is 0.418. The lowest BCUT2D eigenvalue weighted by atomic mass is 10.3. The van der Waals surface area contributed by atoms with Crippen molar-refractivity contribution in [3.8, 4) is 23.1 Å². The van der Waals surface area contributed by atoms with Gasteiger partial charge in [-0.15, -0.1) is 0 Å². The number of rotatable bonds is 8. The van der Waals surface area contributed by atoms with Crippen LogP contribution in [-0.2, 0) is 10.0 Å². The largest absolute Gasteiger partial charge is 0.497 e. The Morgan fingerprint density at radius 2 is 1.88 bits per heavy atom. The van der Waals surface area contributed by atoms with Crippen molar-refractivity contribution in [2.24, 2.45) is 0 Å². The van der Waals surface area contributed by atoms with Gasteiger partial charge in [0.1, 0.15) is 28.2 Å². The van der Waals surface area contributed by atoms with E-state index in [-0.39, 0.29) is 16.9 Å². The molecule has 2 aromatic carbocycles. The Kier molecular flexibility index (Phi) is 7.51. The number of nitrogens with zero attached hydrogens (tertiary/aromatic N) is 2. The van der Waals surface area contributed by atoms with E-state index in [1.165, 1.54) is 12.3 Å². The first-order valence-electron chi connectivity index (χ1n) is 10.4. The van der Waals surface area contributed by atoms with Crippen LogP contribution in [0.4, 0.5) is 5.69 Å². The molecular formula is C23H23BrClN3O5S. The molecule has 4 rings (SSSR count). The minimum atomic E-state index is -3.92. The molecule has 0 radical (unpaired) electrons. The number of anilines is 1. The van der Waals surface area contributed by atoms with Crippen LogP contribution in [0.1, 0.15) is 6.42 Å². The number of halogens is 2. The highest BCUT2D eigenvalue weighted by Gasteiger charge is 2.23. The van der Waals surface area contributed by atoms with Crippen molar-refractivity contribution in [2.75, 3.05) is 32.0 Å². The number of ether oxygens (including phenoxy) is 3. The predicted molar refractivity (Wildman–Crippen MR) is 134 cm³/mol. The Morgan fingerprint density at radius 1 is 1.15 bits per heavy atom. The number of hydrogen-bond acceptors (Lipinski definition) is 7. The molecule has 0 bridgehead atoms. The third-order valence-electron chi connectivity index (χ3n) is 5.19. The average molecular weight is 569 g/mol. The number of nitrogens with one attached hydrogen (secondary N) is 1. The van der Waals surface area contributed by atoms with Crippen molar-refractivity contribution in [3.05, 3.63) is 64.2 Å². The molecule has 3 aromatic rings. The zero-order valence-electron chi connectivity index (χ0n) is 18.5. The second kappa shape index (κ2) is 10.4. The molecule has 0 saturated carbocycles. The lowest BCUT2D eigenvalue weighted by Crippen LogP contribution is -2.21. The number of benzene rings is 2. The van der Waals surface area contributed by atoms with Gasteiger partial charge in [-0.25, -0.2) is 13.4 Å². The minimum Gasteiger partial charge on any atom is -0.497 e. The van der Waals surface area contributed by atoms with Gasteiger partial charge in [0.05, 0.1) is 28.5 Å². The third kappa shape index (κ3) is 5.93. The van der Waals surface area contributed by atoms with Crippen molar-refractivity contribution < 1.29 is 22.6 Å². The van der Waals surface area contributed by atoms with Gasteiger partial charge in [-0.05, 0) is 71.9 Å². The van der Waals surface area contributed by atoms with E-state index < -0.39 is 10.0 Å². The minimum absolute atomic E-state index is 0.00718. The molecule has 1 aliphatic heterocycles. The van der Waals surface area contributed by atoms with Gasteiger partial charge in [-0.2, -0.15) is 0 Å². The second-order valence-electron chi connectivity index (χ2n) is 7.78. The fourth-order valence-corrected chi connectivity index (χ4v) is 5.19. The monoisotopic (exact) mass is 567 g/mol. The molecular weight excluding hydrogens is 546 g/mol. The summed E-state index contributed by atoms with van der Waals surface area (Å²) in [6.07, 6.45) is 2.12. The summed E-state index contributed by atoms with van der Waals surface area (Å²) in [6.45, 7) is 1.73. The average Bonchev–Trinajstić information content (AvgIpc) is 3.22. The van der Waals surface area contributed by atoms with Gasteiger partial charge in [0.15, 0.2) is 0 Å². The maximum atomic E-state index is 13.0. The van der Waals surface area contributed by atoms with E-state index in [4.69, 9.17) is 25.8 Å². The summed E-state index contributed by atoms with van der Waals surface area (Å²) in [7, 11) is -0.322. The van der Waals surface area contributed by atoms with Crippen LogP contribution < -0.4 is 18.9 Å². The number of likely N-dealkylation sites (tertiary alicyclic amines) is 1. The van der Waals surface area contributed by atoms with Gasteiger partial charge < -0.3 is 19.1 Å². The molecule has 11 heteroatoms. The highest BCUT2D eigenvalue weighted by Crippen LogP contribution is 2.33. The smallest absolute Gasteiger partial charge is 0.263 e. The lowest BCUT2D eigenvalue weighted by molar-refractivity contribution is 0.208. The van der Waals surface area contributed by atoms with E-state index in [1.807, 2.05) is 7.05 Å². The number of sulfonamides is 1. The summed E-state index contributed by atoms with van der Waals surface area (Å²) >= 11 is 9.61. The molecule has 1 saturated heterocycles. The summed E-state index contributed by atoms with van der Waals surface area (Å²) in [5.74, 6) is 1.89. The predicted octanol–water partition coefficient (Wildman–Crippen LogP) is 5.18. The van der Waals surface area contributed by atoms with E-state index >= 15 is 0 Å². The first kappa shape index (κ1) is 24.6. The van der Waals surface area contributed by atoms with E-state index in [0.717, 1.165) is 19.5 Å². The fourth-order valence-electron chi connectivity index (χ4n) is 3.43. The van der Waals surface area contributed by atoms with Gasteiger partial charge in [-0.3, -0.25) is 4.72 Å². The van der Waals surface area contributed by atoms with Crippen molar-refractivity contribution in [2.45, 2.75) is 17.4 Å². The van der Waals surface area contributed by atoms with E-state index in [0.29, 0.717) is 32.4 Å². The van der Waals surface area contributed by atoms with Gasteiger partial charge in [-0.1, -0.05) is 11.6 Å². The zero-order chi connectivity index (χ0) is 24.3. The Morgan fingerprint density at radius 3 is 2.53 bits per heavy atom. The molecule has 1 unspecified atom stereocenters. The fraction of sp³-hybridized carbons (Fsp3) is 0.261. The first-order chi connectivity index (χ1) is 16.2. The van der Waals surface area contributed by atoms with Crippen LogP contribution in [-0.4, -0.2) is 51.7 Å². The zero-order valence-corrected chi connectivity index (χ0v) is 21.7. The van der Waals surface area contributed by atoms with Crippen LogP contribution in [0.2, 0.25) is 5.02 Å². The Balaban J connectivity index is 1.48. The summed E-state index contributed by atoms with van der Waals surface area (Å²) < 4.78 is 45.7. The molecule has 1 atom stereocenters. The first-order valence-corrected chi connectivity index (χ1v) is 13.0. The Bertz CT molecular complexity index is 1270. The molecule has 2 heterocycles.